The average molecular weight is 192 g/mol. The maximum absolute atomic E-state index is 10.9. The normalized spacial score (nSPS) is 10.3. The van der Waals surface area contributed by atoms with Crippen LogP contribution in [0.1, 0.15) is 25.7 Å². The number of aliphatic hydroxyl groups is 1. The molecule has 0 amide bonds. The lowest BCUT2D eigenvalue weighted by Crippen LogP contribution is -1.99. The van der Waals surface area contributed by atoms with Gasteiger partial charge in [0.1, 0.15) is 0 Å². The highest BCUT2D eigenvalue weighted by Crippen LogP contribution is 2.26. The van der Waals surface area contributed by atoms with Gasteiger partial charge in [-0.15, -0.1) is 0 Å². The summed E-state index contributed by atoms with van der Waals surface area (Å²) in [6.07, 6.45) is 2.99. The van der Waals surface area contributed by atoms with E-state index in [0.29, 0.717) is 6.42 Å². The van der Waals surface area contributed by atoms with Gasteiger partial charge in [0.05, 0.1) is 8.15 Å². The third kappa shape index (κ3) is 7.96. The van der Waals surface area contributed by atoms with E-state index < -0.39 is 8.15 Å². The van der Waals surface area contributed by atoms with Gasteiger partial charge < -0.3 is 9.63 Å². The number of carbonyl (C=O) groups excluding carboxylic acids is 1. The van der Waals surface area contributed by atoms with Crippen LogP contribution in [0.5, 0.6) is 0 Å². The Morgan fingerprint density at radius 2 is 2.00 bits per heavy atom. The fraction of sp³-hybridized carbons (Fsp3) is 0.875. The fourth-order valence-electron chi connectivity index (χ4n) is 0.807. The van der Waals surface area contributed by atoms with E-state index in [-0.39, 0.29) is 12.6 Å². The van der Waals surface area contributed by atoms with E-state index in [0.717, 1.165) is 19.3 Å². The standard InChI is InChI=1S/C8H17O3P/c1-12(2)11-8(10)6-4-3-5-7-9/h9H,3-7H2,1-2H3. The van der Waals surface area contributed by atoms with Crippen molar-refractivity contribution in [2.45, 2.75) is 25.7 Å². The number of aliphatic hydroxyl groups excluding tert-OH is 1. The van der Waals surface area contributed by atoms with Crippen molar-refractivity contribution in [3.63, 3.8) is 0 Å². The maximum atomic E-state index is 10.9. The van der Waals surface area contributed by atoms with Gasteiger partial charge in [0.25, 0.3) is 0 Å². The summed E-state index contributed by atoms with van der Waals surface area (Å²) < 4.78 is 4.99. The predicted molar refractivity (Wildman–Crippen MR) is 50.4 cm³/mol. The van der Waals surface area contributed by atoms with Crippen LogP contribution in [0.2, 0.25) is 0 Å². The summed E-state index contributed by atoms with van der Waals surface area (Å²) in [5.41, 5.74) is 0. The zero-order valence-corrected chi connectivity index (χ0v) is 8.64. The maximum Gasteiger partial charge on any atom is 0.308 e. The molecule has 0 bridgehead atoms. The van der Waals surface area contributed by atoms with Crippen molar-refractivity contribution in [3.05, 3.63) is 0 Å². The minimum absolute atomic E-state index is 0.107. The van der Waals surface area contributed by atoms with Crippen molar-refractivity contribution in [3.8, 4) is 0 Å². The minimum Gasteiger partial charge on any atom is -0.446 e. The Balaban J connectivity index is 3.20. The SMILES string of the molecule is CP(C)OC(=O)CCCCCO. The summed E-state index contributed by atoms with van der Waals surface area (Å²) in [4.78, 5) is 10.9. The Morgan fingerprint density at radius 1 is 1.33 bits per heavy atom. The molecule has 72 valence electrons. The van der Waals surface area contributed by atoms with E-state index >= 15 is 0 Å². The molecular weight excluding hydrogens is 175 g/mol. The monoisotopic (exact) mass is 192 g/mol. The van der Waals surface area contributed by atoms with Crippen LogP contribution >= 0.6 is 8.15 Å². The molecule has 0 aliphatic heterocycles. The number of unbranched alkanes of at least 4 members (excludes halogenated alkanes) is 2. The zero-order valence-electron chi connectivity index (χ0n) is 7.75. The highest BCUT2D eigenvalue weighted by Gasteiger charge is 2.04. The Labute approximate surface area is 74.9 Å². The highest BCUT2D eigenvalue weighted by molar-refractivity contribution is 7.51. The van der Waals surface area contributed by atoms with Crippen molar-refractivity contribution >= 4 is 14.1 Å². The molecule has 0 fully saturated rings. The van der Waals surface area contributed by atoms with E-state index in [4.69, 9.17) is 9.63 Å². The molecule has 0 saturated carbocycles. The number of hydrogen-bond acceptors (Lipinski definition) is 3. The topological polar surface area (TPSA) is 46.5 Å². The van der Waals surface area contributed by atoms with Gasteiger partial charge in [-0.05, 0) is 26.2 Å². The molecule has 4 heteroatoms. The van der Waals surface area contributed by atoms with Gasteiger partial charge >= 0.3 is 5.97 Å². The lowest BCUT2D eigenvalue weighted by molar-refractivity contribution is -0.133. The van der Waals surface area contributed by atoms with Gasteiger partial charge in [-0.2, -0.15) is 0 Å². The molecule has 0 aromatic rings. The second kappa shape index (κ2) is 7.51. The van der Waals surface area contributed by atoms with Gasteiger partial charge in [-0.25, -0.2) is 0 Å². The molecule has 0 aliphatic rings. The lowest BCUT2D eigenvalue weighted by Gasteiger charge is -2.06. The highest BCUT2D eigenvalue weighted by atomic mass is 31.1. The molecule has 12 heavy (non-hydrogen) atoms. The Hall–Kier alpha value is -0.140. The van der Waals surface area contributed by atoms with Crippen molar-refractivity contribution in [2.24, 2.45) is 0 Å². The molecule has 0 radical (unpaired) electrons. The molecule has 0 aromatic heterocycles. The molecule has 0 unspecified atom stereocenters. The molecule has 0 rings (SSSR count). The smallest absolute Gasteiger partial charge is 0.308 e. The second-order valence-electron chi connectivity index (χ2n) is 2.81. The first kappa shape index (κ1) is 11.9. The average Bonchev–Trinajstić information content (AvgIpc) is 1.97. The van der Waals surface area contributed by atoms with Crippen LogP contribution in [-0.2, 0) is 9.32 Å². The van der Waals surface area contributed by atoms with E-state index in [1.54, 1.807) is 0 Å². The summed E-state index contributed by atoms with van der Waals surface area (Å²) in [6, 6.07) is 0. The Bertz CT molecular complexity index is 125. The number of rotatable bonds is 6. The quantitative estimate of drug-likeness (QED) is 0.515. The Morgan fingerprint density at radius 3 is 2.50 bits per heavy atom. The van der Waals surface area contributed by atoms with Gasteiger partial charge in [-0.1, -0.05) is 6.42 Å². The van der Waals surface area contributed by atoms with Gasteiger partial charge in [-0.3, -0.25) is 4.79 Å². The molecular formula is C8H17O3P. The van der Waals surface area contributed by atoms with E-state index in [1.165, 1.54) is 0 Å². The van der Waals surface area contributed by atoms with Crippen molar-refractivity contribution < 1.29 is 14.4 Å². The summed E-state index contributed by atoms with van der Waals surface area (Å²) in [5.74, 6) is -0.107. The van der Waals surface area contributed by atoms with Crippen LogP contribution in [0.25, 0.3) is 0 Å². The first-order chi connectivity index (χ1) is 5.66. The van der Waals surface area contributed by atoms with E-state index in [2.05, 4.69) is 0 Å². The molecule has 1 N–H and O–H groups in total. The van der Waals surface area contributed by atoms with Crippen LogP contribution in [0.3, 0.4) is 0 Å². The first-order valence-corrected chi connectivity index (χ1v) is 6.31. The summed E-state index contributed by atoms with van der Waals surface area (Å²) in [6.45, 7) is 4.02. The number of hydrogen-bond donors (Lipinski definition) is 1. The molecule has 0 heterocycles. The van der Waals surface area contributed by atoms with E-state index in [1.807, 2.05) is 13.3 Å². The van der Waals surface area contributed by atoms with Crippen molar-refractivity contribution in [1.82, 2.24) is 0 Å². The minimum atomic E-state index is -0.563. The van der Waals surface area contributed by atoms with Gasteiger partial charge in [0.2, 0.25) is 0 Å². The summed E-state index contributed by atoms with van der Waals surface area (Å²) in [5, 5.41) is 8.46. The molecule has 0 spiro atoms. The largest absolute Gasteiger partial charge is 0.446 e. The van der Waals surface area contributed by atoms with Gasteiger partial charge in [0.15, 0.2) is 0 Å². The van der Waals surface area contributed by atoms with Crippen LogP contribution in [-0.4, -0.2) is 31.0 Å². The second-order valence-corrected chi connectivity index (χ2v) is 4.62. The zero-order chi connectivity index (χ0) is 9.40. The third-order valence-corrected chi connectivity index (χ3v) is 1.89. The summed E-state index contributed by atoms with van der Waals surface area (Å²) in [7, 11) is -0.563. The molecule has 0 aromatic carbocycles. The van der Waals surface area contributed by atoms with Crippen molar-refractivity contribution in [1.29, 1.82) is 0 Å². The predicted octanol–water partition coefficient (Wildman–Crippen LogP) is 1.74. The van der Waals surface area contributed by atoms with Crippen LogP contribution in [0, 0.1) is 0 Å². The van der Waals surface area contributed by atoms with E-state index in [9.17, 15) is 4.79 Å². The number of carbonyl (C=O) groups is 1. The third-order valence-electron chi connectivity index (χ3n) is 1.32. The molecule has 3 nitrogen and oxygen atoms in total. The Kier molecular flexibility index (Phi) is 7.42. The molecule has 0 atom stereocenters. The van der Waals surface area contributed by atoms with Gasteiger partial charge in [0, 0.05) is 13.0 Å². The fourth-order valence-corrected chi connectivity index (χ4v) is 1.31. The first-order valence-electron chi connectivity index (χ1n) is 4.16. The van der Waals surface area contributed by atoms with Crippen LogP contribution < -0.4 is 0 Å². The lowest BCUT2D eigenvalue weighted by atomic mass is 10.2. The molecule has 0 saturated heterocycles. The summed E-state index contributed by atoms with van der Waals surface area (Å²) >= 11 is 0. The van der Waals surface area contributed by atoms with Crippen molar-refractivity contribution in [2.75, 3.05) is 19.9 Å². The van der Waals surface area contributed by atoms with Crippen LogP contribution in [0.4, 0.5) is 0 Å². The van der Waals surface area contributed by atoms with Crippen LogP contribution in [0.15, 0.2) is 0 Å². The molecule has 0 aliphatic carbocycles.